The summed E-state index contributed by atoms with van der Waals surface area (Å²) < 4.78 is 74.7. The molecule has 0 N–H and O–H groups in total. The van der Waals surface area contributed by atoms with Crippen LogP contribution in [0.3, 0.4) is 0 Å². The van der Waals surface area contributed by atoms with Gasteiger partial charge in [0, 0.05) is 12.6 Å². The molecule has 3 aromatic rings. The molecule has 3 rings (SSSR count). The molecule has 0 bridgehead atoms. The summed E-state index contributed by atoms with van der Waals surface area (Å²) in [5, 5.41) is -0.446. The fourth-order valence-corrected chi connectivity index (χ4v) is 3.18. The van der Waals surface area contributed by atoms with E-state index in [0.717, 1.165) is 35.2 Å². The maximum absolute atomic E-state index is 13.9. The molecule has 2 aromatic carbocycles. The van der Waals surface area contributed by atoms with Gasteiger partial charge in [-0.05, 0) is 52.0 Å². The molecule has 0 saturated heterocycles. The number of benzene rings is 2. The molecule has 1 amide bonds. The molecule has 0 aliphatic rings. The van der Waals surface area contributed by atoms with Crippen LogP contribution in [0.25, 0.3) is 16.6 Å². The second-order valence-corrected chi connectivity index (χ2v) is 8.10. The summed E-state index contributed by atoms with van der Waals surface area (Å²) >= 11 is 0. The van der Waals surface area contributed by atoms with Gasteiger partial charge in [0.05, 0.1) is 22.2 Å². The highest BCUT2D eigenvalue weighted by atomic mass is 19.4. The maximum atomic E-state index is 13.9. The molecule has 11 heteroatoms. The van der Waals surface area contributed by atoms with Gasteiger partial charge < -0.3 is 4.74 Å². The summed E-state index contributed by atoms with van der Waals surface area (Å²) in [6.07, 6.45) is -5.86. The SMILES string of the molecule is CCN(C(=O)OC(C)(C)C)c1nc2c(C(F)(F)F)cccc2c(=O)n1-c1cc(F)cc(F)c1. The van der Waals surface area contributed by atoms with Gasteiger partial charge in [-0.1, -0.05) is 6.07 Å². The minimum atomic E-state index is -4.85. The van der Waals surface area contributed by atoms with E-state index < -0.39 is 57.5 Å². The number of carbonyl (C=O) groups excluding carboxylic acids is 1. The summed E-state index contributed by atoms with van der Waals surface area (Å²) in [6.45, 7) is 6.03. The zero-order chi connectivity index (χ0) is 24.7. The van der Waals surface area contributed by atoms with Crippen molar-refractivity contribution in [2.75, 3.05) is 11.4 Å². The van der Waals surface area contributed by atoms with Crippen LogP contribution in [0, 0.1) is 11.6 Å². The lowest BCUT2D eigenvalue weighted by molar-refractivity contribution is -0.136. The van der Waals surface area contributed by atoms with E-state index in [0.29, 0.717) is 10.6 Å². The van der Waals surface area contributed by atoms with E-state index in [9.17, 15) is 31.5 Å². The van der Waals surface area contributed by atoms with Crippen molar-refractivity contribution in [3.63, 3.8) is 0 Å². The van der Waals surface area contributed by atoms with Crippen LogP contribution in [0.5, 0.6) is 0 Å². The van der Waals surface area contributed by atoms with Crippen molar-refractivity contribution >= 4 is 22.9 Å². The Kier molecular flexibility index (Phi) is 6.18. The quantitative estimate of drug-likeness (QED) is 0.479. The number of hydrogen-bond acceptors (Lipinski definition) is 4. The van der Waals surface area contributed by atoms with Crippen LogP contribution in [0.4, 0.5) is 32.7 Å². The number of anilines is 1. The third-order valence-corrected chi connectivity index (χ3v) is 4.46. The number of halogens is 5. The molecule has 176 valence electrons. The van der Waals surface area contributed by atoms with Gasteiger partial charge >= 0.3 is 12.3 Å². The fraction of sp³-hybridized carbons (Fsp3) is 0.318. The first-order valence-corrected chi connectivity index (χ1v) is 9.83. The average Bonchev–Trinajstić information content (AvgIpc) is 2.65. The summed E-state index contributed by atoms with van der Waals surface area (Å²) in [6, 6.07) is 5.05. The van der Waals surface area contributed by atoms with E-state index in [2.05, 4.69) is 4.98 Å². The topological polar surface area (TPSA) is 64.4 Å². The van der Waals surface area contributed by atoms with Crippen LogP contribution in [0.1, 0.15) is 33.3 Å². The van der Waals surface area contributed by atoms with Crippen molar-refractivity contribution in [1.82, 2.24) is 9.55 Å². The second-order valence-electron chi connectivity index (χ2n) is 8.10. The molecule has 0 aliphatic heterocycles. The van der Waals surface area contributed by atoms with Gasteiger partial charge in [-0.25, -0.2) is 28.0 Å². The zero-order valence-corrected chi connectivity index (χ0v) is 18.1. The fourth-order valence-electron chi connectivity index (χ4n) is 3.18. The molecule has 0 fully saturated rings. The van der Waals surface area contributed by atoms with Crippen molar-refractivity contribution < 1.29 is 31.5 Å². The lowest BCUT2D eigenvalue weighted by atomic mass is 10.1. The Morgan fingerprint density at radius 1 is 1.09 bits per heavy atom. The van der Waals surface area contributed by atoms with Crippen molar-refractivity contribution in [3.8, 4) is 5.69 Å². The van der Waals surface area contributed by atoms with Crippen LogP contribution in [0.15, 0.2) is 41.2 Å². The van der Waals surface area contributed by atoms with E-state index in [1.165, 1.54) is 6.92 Å². The molecule has 33 heavy (non-hydrogen) atoms. The lowest BCUT2D eigenvalue weighted by Gasteiger charge is -2.28. The number of alkyl halides is 3. The highest BCUT2D eigenvalue weighted by Gasteiger charge is 2.35. The monoisotopic (exact) mass is 469 g/mol. The molecule has 6 nitrogen and oxygen atoms in total. The molecule has 0 atom stereocenters. The van der Waals surface area contributed by atoms with E-state index in [-0.39, 0.29) is 12.2 Å². The lowest BCUT2D eigenvalue weighted by Crippen LogP contribution is -2.40. The molecule has 1 heterocycles. The average molecular weight is 469 g/mol. The number of carbonyl (C=O) groups is 1. The number of aromatic nitrogens is 2. The molecule has 1 aromatic heterocycles. The van der Waals surface area contributed by atoms with Crippen LogP contribution in [0.2, 0.25) is 0 Å². The second kappa shape index (κ2) is 8.45. The Balaban J connectivity index is 2.44. The standard InChI is InChI=1S/C22H20F5N3O3/c1-5-29(20(32)33-21(2,3)4)19-28-17-15(7-6-8-16(17)22(25,26)27)18(31)30(19)14-10-12(23)9-13(24)11-14/h6-11H,5H2,1-4H3. The zero-order valence-electron chi connectivity index (χ0n) is 18.1. The predicted molar refractivity (Wildman–Crippen MR) is 112 cm³/mol. The highest BCUT2D eigenvalue weighted by Crippen LogP contribution is 2.34. The van der Waals surface area contributed by atoms with Gasteiger partial charge in [-0.3, -0.25) is 4.79 Å². The number of fused-ring (bicyclic) bond motifs is 1. The molecule has 0 aliphatic carbocycles. The number of para-hydroxylation sites is 1. The number of rotatable bonds is 3. The van der Waals surface area contributed by atoms with Gasteiger partial charge in [-0.2, -0.15) is 13.2 Å². The van der Waals surface area contributed by atoms with Gasteiger partial charge in [0.1, 0.15) is 17.2 Å². The molecular weight excluding hydrogens is 449 g/mol. The Morgan fingerprint density at radius 2 is 1.70 bits per heavy atom. The molecule has 0 spiro atoms. The third kappa shape index (κ3) is 4.96. The largest absolute Gasteiger partial charge is 0.443 e. The highest BCUT2D eigenvalue weighted by molar-refractivity contribution is 5.89. The first-order valence-electron chi connectivity index (χ1n) is 9.83. The minimum Gasteiger partial charge on any atom is -0.443 e. The van der Waals surface area contributed by atoms with Crippen LogP contribution in [-0.4, -0.2) is 27.8 Å². The van der Waals surface area contributed by atoms with Crippen molar-refractivity contribution in [1.29, 1.82) is 0 Å². The van der Waals surface area contributed by atoms with Gasteiger partial charge in [-0.15, -0.1) is 0 Å². The summed E-state index contributed by atoms with van der Waals surface area (Å²) in [5.41, 5.74) is -4.29. The number of hydrogen-bond donors (Lipinski definition) is 0. The van der Waals surface area contributed by atoms with E-state index >= 15 is 0 Å². The maximum Gasteiger partial charge on any atom is 0.418 e. The Bertz CT molecular complexity index is 1260. The summed E-state index contributed by atoms with van der Waals surface area (Å²) in [4.78, 5) is 30.9. The number of amides is 1. The van der Waals surface area contributed by atoms with Gasteiger partial charge in [0.2, 0.25) is 5.95 Å². The number of nitrogens with zero attached hydrogens (tertiary/aromatic N) is 3. The summed E-state index contributed by atoms with van der Waals surface area (Å²) in [5.74, 6) is -2.65. The van der Waals surface area contributed by atoms with E-state index in [4.69, 9.17) is 4.74 Å². The van der Waals surface area contributed by atoms with Gasteiger partial charge in [0.15, 0.2) is 0 Å². The van der Waals surface area contributed by atoms with Crippen LogP contribution < -0.4 is 10.5 Å². The van der Waals surface area contributed by atoms with Crippen LogP contribution in [-0.2, 0) is 10.9 Å². The smallest absolute Gasteiger partial charge is 0.418 e. The van der Waals surface area contributed by atoms with E-state index in [1.54, 1.807) is 20.8 Å². The summed E-state index contributed by atoms with van der Waals surface area (Å²) in [7, 11) is 0. The Hall–Kier alpha value is -3.50. The molecule has 0 radical (unpaired) electrons. The normalized spacial score (nSPS) is 12.2. The minimum absolute atomic E-state index is 0.168. The van der Waals surface area contributed by atoms with E-state index in [1.807, 2.05) is 0 Å². The van der Waals surface area contributed by atoms with Gasteiger partial charge in [0.25, 0.3) is 5.56 Å². The van der Waals surface area contributed by atoms with Crippen molar-refractivity contribution in [2.24, 2.45) is 0 Å². The molecule has 0 saturated carbocycles. The molecular formula is C22H20F5N3O3. The first kappa shape index (κ1) is 24.1. The predicted octanol–water partition coefficient (Wildman–Crippen LogP) is 5.44. The third-order valence-electron chi connectivity index (χ3n) is 4.46. The van der Waals surface area contributed by atoms with Crippen molar-refractivity contribution in [3.05, 3.63) is 63.9 Å². The first-order chi connectivity index (χ1) is 15.2. The van der Waals surface area contributed by atoms with Crippen molar-refractivity contribution in [2.45, 2.75) is 39.5 Å². The van der Waals surface area contributed by atoms with Crippen LogP contribution >= 0.6 is 0 Å². The Morgan fingerprint density at radius 3 is 2.21 bits per heavy atom. The Labute approximate surface area is 185 Å². The number of ether oxygens (including phenoxy) is 1. The molecule has 0 unspecified atom stereocenters.